The van der Waals surface area contributed by atoms with E-state index in [1.807, 2.05) is 49.5 Å². The van der Waals surface area contributed by atoms with Crippen LogP contribution in [0.25, 0.3) is 11.1 Å². The summed E-state index contributed by atoms with van der Waals surface area (Å²) in [5, 5.41) is 4.47. The summed E-state index contributed by atoms with van der Waals surface area (Å²) in [5.41, 5.74) is 2.75. The van der Waals surface area contributed by atoms with Gasteiger partial charge in [-0.25, -0.2) is 4.98 Å². The molecule has 0 aliphatic heterocycles. The van der Waals surface area contributed by atoms with Crippen molar-refractivity contribution >= 4 is 34.5 Å². The fraction of sp³-hybridized carbons (Fsp3) is 0.133. The van der Waals surface area contributed by atoms with Gasteiger partial charge < -0.3 is 9.73 Å². The molecule has 3 aromatic rings. The van der Waals surface area contributed by atoms with E-state index in [-0.39, 0.29) is 0 Å². The van der Waals surface area contributed by atoms with E-state index in [9.17, 15) is 0 Å². The average molecular weight is 305 g/mol. The SMILES string of the molecule is CNCc1ccc(Sc2nc3ccccc3o2)cc1Cl. The number of para-hydroxylation sites is 2. The molecule has 0 amide bonds. The molecule has 102 valence electrons. The third-order valence-electron chi connectivity index (χ3n) is 2.87. The molecule has 0 aliphatic rings. The van der Waals surface area contributed by atoms with Crippen molar-refractivity contribution in [2.75, 3.05) is 7.05 Å². The van der Waals surface area contributed by atoms with Crippen LogP contribution >= 0.6 is 23.4 Å². The molecule has 2 aromatic carbocycles. The van der Waals surface area contributed by atoms with E-state index >= 15 is 0 Å². The van der Waals surface area contributed by atoms with Crippen LogP contribution in [0.1, 0.15) is 5.56 Å². The number of fused-ring (bicyclic) bond motifs is 1. The van der Waals surface area contributed by atoms with E-state index in [4.69, 9.17) is 16.0 Å². The van der Waals surface area contributed by atoms with E-state index in [0.717, 1.165) is 33.1 Å². The summed E-state index contributed by atoms with van der Waals surface area (Å²) in [4.78, 5) is 5.45. The Labute approximate surface area is 126 Å². The Morgan fingerprint density at radius 1 is 1.25 bits per heavy atom. The van der Waals surface area contributed by atoms with Crippen LogP contribution in [-0.4, -0.2) is 12.0 Å². The summed E-state index contributed by atoms with van der Waals surface area (Å²) < 4.78 is 5.69. The molecule has 3 rings (SSSR count). The number of rotatable bonds is 4. The van der Waals surface area contributed by atoms with Crippen molar-refractivity contribution < 1.29 is 4.42 Å². The highest BCUT2D eigenvalue weighted by molar-refractivity contribution is 7.99. The van der Waals surface area contributed by atoms with Crippen LogP contribution in [0.5, 0.6) is 0 Å². The smallest absolute Gasteiger partial charge is 0.261 e. The fourth-order valence-electron chi connectivity index (χ4n) is 1.92. The maximum Gasteiger partial charge on any atom is 0.261 e. The Morgan fingerprint density at radius 3 is 2.85 bits per heavy atom. The van der Waals surface area contributed by atoms with Crippen molar-refractivity contribution in [3.05, 3.63) is 53.1 Å². The molecular formula is C15H13ClN2OS. The Balaban J connectivity index is 1.85. The molecule has 3 nitrogen and oxygen atoms in total. The number of oxazole rings is 1. The van der Waals surface area contributed by atoms with Gasteiger partial charge in [0.15, 0.2) is 5.58 Å². The molecule has 0 saturated carbocycles. The van der Waals surface area contributed by atoms with E-state index in [1.165, 1.54) is 11.8 Å². The van der Waals surface area contributed by atoms with Gasteiger partial charge in [0.25, 0.3) is 5.22 Å². The molecule has 1 N–H and O–H groups in total. The van der Waals surface area contributed by atoms with Crippen LogP contribution in [0.2, 0.25) is 5.02 Å². The van der Waals surface area contributed by atoms with Crippen molar-refractivity contribution in [2.24, 2.45) is 0 Å². The van der Waals surface area contributed by atoms with Crippen LogP contribution in [0.4, 0.5) is 0 Å². The Bertz CT molecular complexity index is 709. The highest BCUT2D eigenvalue weighted by Gasteiger charge is 2.08. The first kappa shape index (κ1) is 13.5. The van der Waals surface area contributed by atoms with E-state index in [0.29, 0.717) is 5.22 Å². The lowest BCUT2D eigenvalue weighted by Gasteiger charge is -2.04. The molecule has 0 fully saturated rings. The third kappa shape index (κ3) is 2.82. The minimum atomic E-state index is 0.628. The van der Waals surface area contributed by atoms with Crippen molar-refractivity contribution in [2.45, 2.75) is 16.7 Å². The summed E-state index contributed by atoms with van der Waals surface area (Å²) in [6.07, 6.45) is 0. The molecular weight excluding hydrogens is 292 g/mol. The summed E-state index contributed by atoms with van der Waals surface area (Å²) in [6.45, 7) is 0.757. The fourth-order valence-corrected chi connectivity index (χ4v) is 3.02. The zero-order chi connectivity index (χ0) is 13.9. The predicted molar refractivity (Wildman–Crippen MR) is 82.3 cm³/mol. The number of halogens is 1. The average Bonchev–Trinajstić information content (AvgIpc) is 2.84. The standard InChI is InChI=1S/C15H13ClN2OS/c1-17-9-10-6-7-11(8-12(10)16)20-15-18-13-4-2-3-5-14(13)19-15/h2-8,17H,9H2,1H3. The molecule has 0 bridgehead atoms. The number of nitrogens with one attached hydrogen (secondary N) is 1. The lowest BCUT2D eigenvalue weighted by atomic mass is 10.2. The Kier molecular flexibility index (Phi) is 3.96. The van der Waals surface area contributed by atoms with Gasteiger partial charge in [0, 0.05) is 16.5 Å². The number of hydrogen-bond acceptors (Lipinski definition) is 4. The van der Waals surface area contributed by atoms with Crippen LogP contribution in [0, 0.1) is 0 Å². The van der Waals surface area contributed by atoms with Gasteiger partial charge in [0.1, 0.15) is 5.52 Å². The quantitative estimate of drug-likeness (QED) is 0.777. The summed E-state index contributed by atoms with van der Waals surface area (Å²) in [7, 11) is 1.90. The molecule has 0 unspecified atom stereocenters. The lowest BCUT2D eigenvalue weighted by Crippen LogP contribution is -2.05. The van der Waals surface area contributed by atoms with Gasteiger partial charge in [-0.2, -0.15) is 0 Å². The van der Waals surface area contributed by atoms with Crippen LogP contribution in [-0.2, 0) is 6.54 Å². The largest absolute Gasteiger partial charge is 0.431 e. The van der Waals surface area contributed by atoms with E-state index < -0.39 is 0 Å². The molecule has 5 heteroatoms. The summed E-state index contributed by atoms with van der Waals surface area (Å²) in [5.74, 6) is 0. The minimum Gasteiger partial charge on any atom is -0.431 e. The zero-order valence-corrected chi connectivity index (χ0v) is 12.5. The second-order valence-corrected chi connectivity index (χ2v) is 5.77. The Morgan fingerprint density at radius 2 is 2.10 bits per heavy atom. The van der Waals surface area contributed by atoms with Crippen LogP contribution < -0.4 is 5.32 Å². The van der Waals surface area contributed by atoms with Gasteiger partial charge in [0.2, 0.25) is 0 Å². The number of nitrogens with zero attached hydrogens (tertiary/aromatic N) is 1. The van der Waals surface area contributed by atoms with Gasteiger partial charge in [-0.3, -0.25) is 0 Å². The van der Waals surface area contributed by atoms with Crippen molar-refractivity contribution in [1.82, 2.24) is 10.3 Å². The van der Waals surface area contributed by atoms with E-state index in [2.05, 4.69) is 10.3 Å². The van der Waals surface area contributed by atoms with Crippen molar-refractivity contribution in [1.29, 1.82) is 0 Å². The molecule has 20 heavy (non-hydrogen) atoms. The predicted octanol–water partition coefficient (Wildman–Crippen LogP) is 4.35. The third-order valence-corrected chi connectivity index (χ3v) is 4.06. The number of benzene rings is 2. The van der Waals surface area contributed by atoms with Crippen molar-refractivity contribution in [3.8, 4) is 0 Å². The molecule has 1 heterocycles. The first-order valence-electron chi connectivity index (χ1n) is 6.23. The zero-order valence-electron chi connectivity index (χ0n) is 10.9. The first-order valence-corrected chi connectivity index (χ1v) is 7.42. The molecule has 0 saturated heterocycles. The van der Waals surface area contributed by atoms with Gasteiger partial charge >= 0.3 is 0 Å². The minimum absolute atomic E-state index is 0.628. The summed E-state index contributed by atoms with van der Waals surface area (Å²) in [6, 6.07) is 13.7. The number of aromatic nitrogens is 1. The molecule has 0 atom stereocenters. The second-order valence-electron chi connectivity index (χ2n) is 4.33. The topological polar surface area (TPSA) is 38.1 Å². The van der Waals surface area contributed by atoms with Gasteiger partial charge in [0.05, 0.1) is 0 Å². The second kappa shape index (κ2) is 5.87. The van der Waals surface area contributed by atoms with Gasteiger partial charge in [-0.1, -0.05) is 29.8 Å². The van der Waals surface area contributed by atoms with E-state index in [1.54, 1.807) is 0 Å². The van der Waals surface area contributed by atoms with Crippen LogP contribution in [0.3, 0.4) is 0 Å². The molecule has 0 radical (unpaired) electrons. The Hall–Kier alpha value is -1.49. The first-order chi connectivity index (χ1) is 9.76. The monoisotopic (exact) mass is 304 g/mol. The normalized spacial score (nSPS) is 11.1. The highest BCUT2D eigenvalue weighted by Crippen LogP contribution is 2.32. The van der Waals surface area contributed by atoms with Gasteiger partial charge in [-0.05, 0) is 48.6 Å². The maximum atomic E-state index is 6.25. The molecule has 1 aromatic heterocycles. The van der Waals surface area contributed by atoms with Crippen molar-refractivity contribution in [3.63, 3.8) is 0 Å². The maximum absolute atomic E-state index is 6.25. The summed E-state index contributed by atoms with van der Waals surface area (Å²) >= 11 is 7.72. The van der Waals surface area contributed by atoms with Crippen LogP contribution in [0.15, 0.2) is 57.0 Å². The molecule has 0 aliphatic carbocycles. The number of hydrogen-bond donors (Lipinski definition) is 1. The molecule has 0 spiro atoms. The van der Waals surface area contributed by atoms with Gasteiger partial charge in [-0.15, -0.1) is 0 Å². The highest BCUT2D eigenvalue weighted by atomic mass is 35.5. The lowest BCUT2D eigenvalue weighted by molar-refractivity contribution is 0.489.